The Bertz CT molecular complexity index is 296. The molecule has 1 rings (SSSR count). The zero-order valence-electron chi connectivity index (χ0n) is 10.6. The van der Waals surface area contributed by atoms with E-state index in [-0.39, 0.29) is 18.3 Å². The smallest absolute Gasteiger partial charge is 0.150 e. The van der Waals surface area contributed by atoms with Gasteiger partial charge in [-0.2, -0.15) is 0 Å². The van der Waals surface area contributed by atoms with Crippen LogP contribution in [0.3, 0.4) is 0 Å². The summed E-state index contributed by atoms with van der Waals surface area (Å²) in [4.78, 5) is 0. The number of ether oxygens (including phenoxy) is 4. The third-order valence-corrected chi connectivity index (χ3v) is 2.65. The van der Waals surface area contributed by atoms with Crippen LogP contribution in [0.25, 0.3) is 0 Å². The summed E-state index contributed by atoms with van der Waals surface area (Å²) in [5, 5.41) is 0. The van der Waals surface area contributed by atoms with Gasteiger partial charge < -0.3 is 18.9 Å². The molecule has 0 amide bonds. The van der Waals surface area contributed by atoms with Crippen molar-refractivity contribution in [3.05, 3.63) is 36.6 Å². The molecule has 0 unspecified atom stereocenters. The van der Waals surface area contributed by atoms with Gasteiger partial charge in [-0.25, -0.2) is 0 Å². The first kappa shape index (κ1) is 14.0. The largest absolute Gasteiger partial charge is 0.492 e. The molecule has 0 saturated heterocycles. The number of methoxy groups -OCH3 is 3. The molecule has 0 fully saturated rings. The molecule has 0 aromatic carbocycles. The Labute approximate surface area is 102 Å². The van der Waals surface area contributed by atoms with Crippen molar-refractivity contribution in [1.29, 1.82) is 0 Å². The molecular weight excluding hydrogens is 220 g/mol. The minimum atomic E-state index is -0.186. The first-order valence-electron chi connectivity index (χ1n) is 5.47. The summed E-state index contributed by atoms with van der Waals surface area (Å²) in [6.07, 6.45) is 6.63. The minimum Gasteiger partial charge on any atom is -0.492 e. The Morgan fingerprint density at radius 1 is 1.35 bits per heavy atom. The quantitative estimate of drug-likeness (QED) is 0.662. The molecule has 3 atom stereocenters. The van der Waals surface area contributed by atoms with E-state index in [1.807, 2.05) is 12.2 Å². The number of hydrogen-bond acceptors (Lipinski definition) is 4. The van der Waals surface area contributed by atoms with Crippen molar-refractivity contribution < 1.29 is 18.9 Å². The van der Waals surface area contributed by atoms with E-state index in [2.05, 4.69) is 6.58 Å². The van der Waals surface area contributed by atoms with Gasteiger partial charge in [0.2, 0.25) is 0 Å². The van der Waals surface area contributed by atoms with Crippen LogP contribution in [0, 0.1) is 0 Å². The number of allylic oxidation sites excluding steroid dienone is 2. The van der Waals surface area contributed by atoms with Gasteiger partial charge in [0.15, 0.2) is 0 Å². The lowest BCUT2D eigenvalue weighted by Gasteiger charge is -2.35. The molecule has 4 heteroatoms. The van der Waals surface area contributed by atoms with Gasteiger partial charge >= 0.3 is 0 Å². The average Bonchev–Trinajstić information content (AvgIpc) is 2.36. The topological polar surface area (TPSA) is 36.9 Å². The summed E-state index contributed by atoms with van der Waals surface area (Å²) < 4.78 is 21.6. The van der Waals surface area contributed by atoms with Crippen LogP contribution < -0.4 is 0 Å². The van der Waals surface area contributed by atoms with E-state index in [9.17, 15) is 0 Å². The highest BCUT2D eigenvalue weighted by molar-refractivity contribution is 5.27. The fourth-order valence-corrected chi connectivity index (χ4v) is 1.85. The third-order valence-electron chi connectivity index (χ3n) is 2.65. The van der Waals surface area contributed by atoms with E-state index in [4.69, 9.17) is 18.9 Å². The summed E-state index contributed by atoms with van der Waals surface area (Å²) in [5.74, 6) is 0. The molecule has 0 aromatic rings. The van der Waals surface area contributed by atoms with E-state index >= 15 is 0 Å². The Morgan fingerprint density at radius 2 is 2.12 bits per heavy atom. The average molecular weight is 240 g/mol. The second-order valence-electron chi connectivity index (χ2n) is 3.70. The van der Waals surface area contributed by atoms with Gasteiger partial charge in [0.05, 0.1) is 12.9 Å². The zero-order valence-corrected chi connectivity index (χ0v) is 10.6. The number of hydrogen-bond donors (Lipinski definition) is 0. The molecule has 0 bridgehead atoms. The highest BCUT2D eigenvalue weighted by Crippen LogP contribution is 2.24. The molecule has 17 heavy (non-hydrogen) atoms. The lowest BCUT2D eigenvalue weighted by molar-refractivity contribution is -0.117. The van der Waals surface area contributed by atoms with Crippen LogP contribution in [0.15, 0.2) is 36.6 Å². The Balaban J connectivity index is 2.86. The molecule has 0 radical (unpaired) electrons. The number of rotatable bonds is 6. The second-order valence-corrected chi connectivity index (χ2v) is 3.70. The van der Waals surface area contributed by atoms with E-state index < -0.39 is 0 Å². The molecule has 1 heterocycles. The second kappa shape index (κ2) is 7.27. The molecule has 1 aliphatic heterocycles. The van der Waals surface area contributed by atoms with Crippen LogP contribution in [-0.2, 0) is 18.9 Å². The summed E-state index contributed by atoms with van der Waals surface area (Å²) in [6.45, 7) is 4.10. The Kier molecular flexibility index (Phi) is 5.97. The van der Waals surface area contributed by atoms with Crippen molar-refractivity contribution in [2.45, 2.75) is 18.3 Å². The van der Waals surface area contributed by atoms with Crippen molar-refractivity contribution >= 4 is 0 Å². The van der Waals surface area contributed by atoms with Gasteiger partial charge in [0.25, 0.3) is 0 Å². The maximum atomic E-state index is 5.59. The van der Waals surface area contributed by atoms with Crippen LogP contribution in [0.4, 0.5) is 0 Å². The molecule has 0 N–H and O–H groups in total. The van der Waals surface area contributed by atoms with E-state index in [0.717, 1.165) is 5.57 Å². The molecule has 96 valence electrons. The van der Waals surface area contributed by atoms with E-state index in [1.165, 1.54) is 0 Å². The van der Waals surface area contributed by atoms with Crippen LogP contribution in [-0.4, -0.2) is 46.2 Å². The van der Waals surface area contributed by atoms with E-state index in [1.54, 1.807) is 33.7 Å². The van der Waals surface area contributed by atoms with Crippen LogP contribution in [0.1, 0.15) is 0 Å². The lowest BCUT2D eigenvalue weighted by Crippen LogP contribution is -2.46. The molecular formula is C13H20O4. The normalized spacial score (nSPS) is 28.9. The third kappa shape index (κ3) is 3.43. The fourth-order valence-electron chi connectivity index (χ4n) is 1.85. The van der Waals surface area contributed by atoms with Crippen molar-refractivity contribution in [1.82, 2.24) is 0 Å². The molecule has 0 spiro atoms. The molecule has 0 aliphatic carbocycles. The summed E-state index contributed by atoms with van der Waals surface area (Å²) >= 11 is 0. The lowest BCUT2D eigenvalue weighted by atomic mass is 9.98. The first-order valence-corrected chi connectivity index (χ1v) is 5.47. The van der Waals surface area contributed by atoms with Gasteiger partial charge in [0.1, 0.15) is 18.3 Å². The monoisotopic (exact) mass is 240 g/mol. The summed E-state index contributed by atoms with van der Waals surface area (Å²) in [7, 11) is 4.93. The van der Waals surface area contributed by atoms with Crippen molar-refractivity contribution in [2.24, 2.45) is 0 Å². The predicted molar refractivity (Wildman–Crippen MR) is 65.8 cm³/mol. The van der Waals surface area contributed by atoms with Crippen molar-refractivity contribution in [3.63, 3.8) is 0 Å². The van der Waals surface area contributed by atoms with Gasteiger partial charge in [-0.1, -0.05) is 24.8 Å². The Hall–Kier alpha value is -1.10. The Morgan fingerprint density at radius 3 is 2.65 bits per heavy atom. The van der Waals surface area contributed by atoms with Crippen molar-refractivity contribution in [2.75, 3.05) is 27.9 Å². The summed E-state index contributed by atoms with van der Waals surface area (Å²) in [6, 6.07) is 0. The van der Waals surface area contributed by atoms with Gasteiger partial charge in [0, 0.05) is 26.9 Å². The molecule has 0 saturated carbocycles. The minimum absolute atomic E-state index is 0.157. The SMILES string of the molecule is C=C/C=C\C1=CO[C@H](COC)[C@@H](OC)[C@@H]1OC. The highest BCUT2D eigenvalue weighted by Gasteiger charge is 2.36. The van der Waals surface area contributed by atoms with Crippen LogP contribution in [0.2, 0.25) is 0 Å². The summed E-state index contributed by atoms with van der Waals surface area (Å²) in [5.41, 5.74) is 0.923. The van der Waals surface area contributed by atoms with Gasteiger partial charge in [-0.3, -0.25) is 0 Å². The molecule has 0 aromatic heterocycles. The zero-order chi connectivity index (χ0) is 12.7. The molecule has 1 aliphatic rings. The van der Waals surface area contributed by atoms with Gasteiger partial charge in [-0.05, 0) is 0 Å². The standard InChI is InChI=1S/C13H20O4/c1-5-6-7-10-8-17-11(9-14-2)13(16-4)12(10)15-3/h5-8,11-13H,1,9H2,2-4H3/b7-6-/t11-,12-,13-/m1/s1. The predicted octanol–water partition coefficient (Wildman–Crippen LogP) is 1.69. The van der Waals surface area contributed by atoms with E-state index in [0.29, 0.717) is 6.61 Å². The van der Waals surface area contributed by atoms with Gasteiger partial charge in [-0.15, -0.1) is 0 Å². The van der Waals surface area contributed by atoms with Crippen LogP contribution >= 0.6 is 0 Å². The first-order chi connectivity index (χ1) is 8.28. The maximum absolute atomic E-state index is 5.59. The van der Waals surface area contributed by atoms with Crippen LogP contribution in [0.5, 0.6) is 0 Å². The molecule has 4 nitrogen and oxygen atoms in total. The fraction of sp³-hybridized carbons (Fsp3) is 0.538. The maximum Gasteiger partial charge on any atom is 0.150 e. The van der Waals surface area contributed by atoms with Crippen molar-refractivity contribution in [3.8, 4) is 0 Å². The highest BCUT2D eigenvalue weighted by atomic mass is 16.6.